The Morgan fingerprint density at radius 1 is 1.14 bits per heavy atom. The van der Waals surface area contributed by atoms with Crippen molar-refractivity contribution in [2.75, 3.05) is 11.1 Å². The Morgan fingerprint density at radius 2 is 1.90 bits per heavy atom. The molecule has 8 heteroatoms. The molecule has 2 aromatic heterocycles. The molecule has 0 saturated carbocycles. The molecule has 0 aliphatic heterocycles. The lowest BCUT2D eigenvalue weighted by atomic mass is 10.1. The highest BCUT2D eigenvalue weighted by Gasteiger charge is 2.17. The van der Waals surface area contributed by atoms with Crippen LogP contribution in [0.1, 0.15) is 31.1 Å². The normalized spacial score (nSPS) is 10.9. The molecule has 1 amide bonds. The fourth-order valence-electron chi connectivity index (χ4n) is 2.75. The lowest BCUT2D eigenvalue weighted by Crippen LogP contribution is -2.15. The number of nitrogens with zero attached hydrogens (tertiary/aromatic N) is 4. The van der Waals surface area contributed by atoms with Crippen molar-refractivity contribution in [1.29, 1.82) is 0 Å². The van der Waals surface area contributed by atoms with E-state index in [1.165, 1.54) is 18.7 Å². The molecular formula is C21H23N5O2S. The Labute approximate surface area is 174 Å². The average molecular weight is 410 g/mol. The van der Waals surface area contributed by atoms with E-state index < -0.39 is 0 Å². The summed E-state index contributed by atoms with van der Waals surface area (Å²) in [4.78, 5) is 27.8. The molecule has 0 spiro atoms. The highest BCUT2D eigenvalue weighted by atomic mass is 32.2. The molecule has 0 saturated heterocycles. The molecule has 0 radical (unpaired) electrons. The third-order valence-corrected chi connectivity index (χ3v) is 5.06. The van der Waals surface area contributed by atoms with Crippen molar-refractivity contribution in [2.45, 2.75) is 32.5 Å². The van der Waals surface area contributed by atoms with Gasteiger partial charge in [-0.1, -0.05) is 25.6 Å². The van der Waals surface area contributed by atoms with Gasteiger partial charge in [0.1, 0.15) is 0 Å². The van der Waals surface area contributed by atoms with Crippen LogP contribution in [0.25, 0.3) is 11.4 Å². The van der Waals surface area contributed by atoms with Gasteiger partial charge in [0.05, 0.1) is 5.75 Å². The van der Waals surface area contributed by atoms with E-state index in [1.807, 2.05) is 16.7 Å². The third-order valence-electron chi connectivity index (χ3n) is 4.09. The summed E-state index contributed by atoms with van der Waals surface area (Å²) >= 11 is 1.34. The molecule has 0 fully saturated rings. The molecule has 0 aliphatic rings. The minimum Gasteiger partial charge on any atom is -0.325 e. The molecule has 0 bridgehead atoms. The van der Waals surface area contributed by atoms with Gasteiger partial charge in [-0.3, -0.25) is 14.6 Å². The summed E-state index contributed by atoms with van der Waals surface area (Å²) in [6.45, 7) is 6.50. The zero-order valence-corrected chi connectivity index (χ0v) is 17.4. The number of rotatable bonds is 8. The number of hydrogen-bond acceptors (Lipinski definition) is 6. The van der Waals surface area contributed by atoms with Gasteiger partial charge in [0.2, 0.25) is 5.91 Å². The minimum atomic E-state index is -0.146. The Balaban J connectivity index is 1.68. The summed E-state index contributed by atoms with van der Waals surface area (Å²) in [6, 6.07) is 10.7. The number of anilines is 1. The van der Waals surface area contributed by atoms with Crippen molar-refractivity contribution >= 4 is 29.1 Å². The number of ketones is 1. The Morgan fingerprint density at radius 3 is 2.52 bits per heavy atom. The maximum atomic E-state index is 12.3. The maximum absolute atomic E-state index is 12.3. The number of carbonyl (C=O) groups is 2. The second-order valence-corrected chi connectivity index (χ2v) is 7.97. The van der Waals surface area contributed by atoms with Gasteiger partial charge in [-0.05, 0) is 49.2 Å². The summed E-state index contributed by atoms with van der Waals surface area (Å²) in [5, 5.41) is 12.1. The zero-order valence-electron chi connectivity index (χ0n) is 16.6. The van der Waals surface area contributed by atoms with Crippen LogP contribution in [0.5, 0.6) is 0 Å². The van der Waals surface area contributed by atoms with Gasteiger partial charge in [0.25, 0.3) is 0 Å². The van der Waals surface area contributed by atoms with Gasteiger partial charge < -0.3 is 9.88 Å². The molecule has 0 aliphatic carbocycles. The van der Waals surface area contributed by atoms with Gasteiger partial charge in [-0.25, -0.2) is 0 Å². The van der Waals surface area contributed by atoms with Gasteiger partial charge in [0, 0.05) is 35.8 Å². The number of thioether (sulfide) groups is 1. The molecule has 150 valence electrons. The van der Waals surface area contributed by atoms with Crippen LogP contribution in [0.3, 0.4) is 0 Å². The van der Waals surface area contributed by atoms with Crippen molar-refractivity contribution in [3.05, 3.63) is 54.4 Å². The monoisotopic (exact) mass is 409 g/mol. The van der Waals surface area contributed by atoms with Crippen molar-refractivity contribution in [3.63, 3.8) is 0 Å². The summed E-state index contributed by atoms with van der Waals surface area (Å²) in [5.41, 5.74) is 2.16. The van der Waals surface area contributed by atoms with Gasteiger partial charge in [-0.2, -0.15) is 0 Å². The first-order valence-corrected chi connectivity index (χ1v) is 10.3. The molecule has 0 atom stereocenters. The highest BCUT2D eigenvalue weighted by Crippen LogP contribution is 2.25. The van der Waals surface area contributed by atoms with Crippen LogP contribution >= 0.6 is 11.8 Å². The molecule has 7 nitrogen and oxygen atoms in total. The number of pyridine rings is 1. The second-order valence-electron chi connectivity index (χ2n) is 7.02. The molecule has 3 rings (SSSR count). The first-order valence-electron chi connectivity index (χ1n) is 9.31. The van der Waals surface area contributed by atoms with E-state index in [0.29, 0.717) is 22.3 Å². The van der Waals surface area contributed by atoms with E-state index in [1.54, 1.807) is 36.7 Å². The number of amides is 1. The van der Waals surface area contributed by atoms with Crippen molar-refractivity contribution < 1.29 is 9.59 Å². The molecule has 29 heavy (non-hydrogen) atoms. The van der Waals surface area contributed by atoms with Gasteiger partial charge >= 0.3 is 0 Å². The summed E-state index contributed by atoms with van der Waals surface area (Å²) < 4.78 is 2.03. The van der Waals surface area contributed by atoms with E-state index in [9.17, 15) is 9.59 Å². The van der Waals surface area contributed by atoms with Crippen LogP contribution in [-0.2, 0) is 11.3 Å². The standard InChI is InChI=1S/C21H23N5O2S/c1-14(2)12-26-20(17-5-4-10-22-11-17)24-25-21(26)29-13-19(28)23-18-8-6-16(7-9-18)15(3)27/h4-11,14H,12-13H2,1-3H3,(H,23,28). The largest absolute Gasteiger partial charge is 0.325 e. The van der Waals surface area contributed by atoms with Crippen LogP contribution in [0.15, 0.2) is 53.9 Å². The fourth-order valence-corrected chi connectivity index (χ4v) is 3.50. The predicted octanol–water partition coefficient (Wildman–Crippen LogP) is 3.93. The van der Waals surface area contributed by atoms with Crippen molar-refractivity contribution in [1.82, 2.24) is 19.7 Å². The summed E-state index contributed by atoms with van der Waals surface area (Å²) in [6.07, 6.45) is 3.47. The zero-order chi connectivity index (χ0) is 20.8. The average Bonchev–Trinajstić information content (AvgIpc) is 3.09. The van der Waals surface area contributed by atoms with Crippen LogP contribution in [-0.4, -0.2) is 37.2 Å². The molecular weight excluding hydrogens is 386 g/mol. The van der Waals surface area contributed by atoms with Gasteiger partial charge in [-0.15, -0.1) is 10.2 Å². The van der Waals surface area contributed by atoms with E-state index >= 15 is 0 Å². The lowest BCUT2D eigenvalue weighted by molar-refractivity contribution is -0.113. The minimum absolute atomic E-state index is 0.00709. The van der Waals surface area contributed by atoms with Crippen LogP contribution in [0.4, 0.5) is 5.69 Å². The first-order chi connectivity index (χ1) is 13.9. The quantitative estimate of drug-likeness (QED) is 0.448. The van der Waals surface area contributed by atoms with E-state index in [4.69, 9.17) is 0 Å². The molecule has 1 N–H and O–H groups in total. The Bertz CT molecular complexity index is 984. The van der Waals surface area contributed by atoms with Crippen LogP contribution in [0, 0.1) is 5.92 Å². The SMILES string of the molecule is CC(=O)c1ccc(NC(=O)CSc2nnc(-c3cccnc3)n2CC(C)C)cc1. The number of Topliss-reactive ketones (excluding diaryl/α,β-unsaturated/α-hetero) is 1. The predicted molar refractivity (Wildman–Crippen MR) is 114 cm³/mol. The smallest absolute Gasteiger partial charge is 0.234 e. The highest BCUT2D eigenvalue weighted by molar-refractivity contribution is 7.99. The second kappa shape index (κ2) is 9.47. The fraction of sp³-hybridized carbons (Fsp3) is 0.286. The summed E-state index contributed by atoms with van der Waals surface area (Å²) in [7, 11) is 0. The maximum Gasteiger partial charge on any atom is 0.234 e. The van der Waals surface area contributed by atoms with E-state index in [0.717, 1.165) is 17.9 Å². The third kappa shape index (κ3) is 5.51. The summed E-state index contributed by atoms with van der Waals surface area (Å²) in [5.74, 6) is 1.20. The number of nitrogens with one attached hydrogen (secondary N) is 1. The lowest BCUT2D eigenvalue weighted by Gasteiger charge is -2.12. The molecule has 2 heterocycles. The number of aromatic nitrogens is 4. The van der Waals surface area contributed by atoms with Gasteiger partial charge in [0.15, 0.2) is 16.8 Å². The molecule has 1 aromatic carbocycles. The topological polar surface area (TPSA) is 89.8 Å². The van der Waals surface area contributed by atoms with E-state index in [-0.39, 0.29) is 17.4 Å². The van der Waals surface area contributed by atoms with E-state index in [2.05, 4.69) is 34.3 Å². The van der Waals surface area contributed by atoms with Crippen molar-refractivity contribution in [2.24, 2.45) is 5.92 Å². The van der Waals surface area contributed by atoms with Crippen LogP contribution < -0.4 is 5.32 Å². The Hall–Kier alpha value is -3.00. The number of hydrogen-bond donors (Lipinski definition) is 1. The first kappa shape index (κ1) is 20.7. The number of benzene rings is 1. The Kier molecular flexibility index (Phi) is 6.77. The molecule has 0 unspecified atom stereocenters. The number of carbonyl (C=O) groups excluding carboxylic acids is 2. The molecule has 3 aromatic rings. The van der Waals surface area contributed by atoms with Crippen LogP contribution in [0.2, 0.25) is 0 Å². The van der Waals surface area contributed by atoms with Crippen molar-refractivity contribution in [3.8, 4) is 11.4 Å².